The third kappa shape index (κ3) is 5.84. The van der Waals surface area contributed by atoms with E-state index in [4.69, 9.17) is 16.3 Å². The molecule has 0 aliphatic carbocycles. The number of amides is 1. The number of esters is 1. The summed E-state index contributed by atoms with van der Waals surface area (Å²) in [5.74, 6) is -0.640. The van der Waals surface area contributed by atoms with Gasteiger partial charge in [-0.25, -0.2) is 4.98 Å². The highest BCUT2D eigenvalue weighted by Gasteiger charge is 2.09. The number of aromatic nitrogens is 1. The van der Waals surface area contributed by atoms with Crippen molar-refractivity contribution in [3.05, 3.63) is 52.0 Å². The summed E-state index contributed by atoms with van der Waals surface area (Å²) in [6.07, 6.45) is 3.16. The lowest BCUT2D eigenvalue weighted by atomic mass is 10.2. The minimum absolute atomic E-state index is 0.0958. The average Bonchev–Trinajstić information content (AvgIpc) is 2.92. The fraction of sp³-hybridized carbons (Fsp3) is 0.188. The van der Waals surface area contributed by atoms with E-state index >= 15 is 0 Å². The van der Waals surface area contributed by atoms with Crippen LogP contribution in [0, 0.1) is 0 Å². The van der Waals surface area contributed by atoms with E-state index in [1.165, 1.54) is 17.4 Å². The molecule has 5 nitrogen and oxygen atoms in total. The van der Waals surface area contributed by atoms with E-state index in [2.05, 4.69) is 10.3 Å². The van der Waals surface area contributed by atoms with Crippen LogP contribution in [0.4, 0.5) is 5.13 Å². The molecule has 7 heteroatoms. The first-order chi connectivity index (χ1) is 11.1. The van der Waals surface area contributed by atoms with Crippen LogP contribution < -0.4 is 5.32 Å². The number of thiazole rings is 1. The topological polar surface area (TPSA) is 68.3 Å². The van der Waals surface area contributed by atoms with Crippen LogP contribution in [0.25, 0.3) is 6.08 Å². The molecule has 0 atom stereocenters. The first kappa shape index (κ1) is 17.2. The van der Waals surface area contributed by atoms with E-state index in [0.717, 1.165) is 5.56 Å². The van der Waals surface area contributed by atoms with Gasteiger partial charge in [-0.3, -0.25) is 14.9 Å². The maximum atomic E-state index is 11.8. The Kier molecular flexibility index (Phi) is 6.31. The summed E-state index contributed by atoms with van der Waals surface area (Å²) in [6, 6.07) is 7.17. The molecular weight excluding hydrogens is 336 g/mol. The summed E-state index contributed by atoms with van der Waals surface area (Å²) < 4.78 is 4.85. The first-order valence-corrected chi connectivity index (χ1v) is 8.17. The maximum Gasteiger partial charge on any atom is 0.311 e. The smallest absolute Gasteiger partial charge is 0.311 e. The Morgan fingerprint density at radius 3 is 3.00 bits per heavy atom. The molecule has 23 heavy (non-hydrogen) atoms. The molecule has 0 unspecified atom stereocenters. The molecule has 0 aliphatic rings. The molecule has 2 aromatic rings. The highest BCUT2D eigenvalue weighted by molar-refractivity contribution is 7.14. The highest BCUT2D eigenvalue weighted by atomic mass is 35.5. The molecule has 0 aliphatic heterocycles. The Morgan fingerprint density at radius 2 is 2.26 bits per heavy atom. The zero-order valence-corrected chi connectivity index (χ0v) is 14.0. The number of nitrogens with zero attached hydrogens (tertiary/aromatic N) is 1. The van der Waals surface area contributed by atoms with Crippen molar-refractivity contribution in [1.29, 1.82) is 0 Å². The van der Waals surface area contributed by atoms with E-state index < -0.39 is 0 Å². The number of rotatable bonds is 6. The van der Waals surface area contributed by atoms with Crippen molar-refractivity contribution in [2.45, 2.75) is 13.3 Å². The number of carbonyl (C=O) groups excluding carboxylic acids is 2. The third-order valence-corrected chi connectivity index (χ3v) is 3.73. The van der Waals surface area contributed by atoms with Gasteiger partial charge in [-0.05, 0) is 30.7 Å². The molecule has 0 spiro atoms. The number of hydrogen-bond donors (Lipinski definition) is 1. The van der Waals surface area contributed by atoms with Gasteiger partial charge in [0.05, 0.1) is 18.7 Å². The van der Waals surface area contributed by atoms with Crippen molar-refractivity contribution >= 4 is 46.0 Å². The number of nitrogens with one attached hydrogen (secondary N) is 1. The van der Waals surface area contributed by atoms with Gasteiger partial charge in [0, 0.05) is 16.5 Å². The predicted octanol–water partition coefficient (Wildman–Crippen LogP) is 3.55. The second-order valence-corrected chi connectivity index (χ2v) is 5.80. The zero-order chi connectivity index (χ0) is 16.7. The molecule has 0 fully saturated rings. The number of carbonyl (C=O) groups is 2. The molecule has 1 aromatic heterocycles. The number of hydrogen-bond acceptors (Lipinski definition) is 5. The molecule has 0 saturated heterocycles. The quantitative estimate of drug-likeness (QED) is 0.639. The van der Waals surface area contributed by atoms with Gasteiger partial charge in [0.2, 0.25) is 5.91 Å². The fourth-order valence-electron chi connectivity index (χ4n) is 1.73. The lowest BCUT2D eigenvalue weighted by molar-refractivity contribution is -0.142. The average molecular weight is 351 g/mol. The second kappa shape index (κ2) is 8.45. The molecule has 1 aromatic carbocycles. The van der Waals surface area contributed by atoms with Crippen LogP contribution in [0.3, 0.4) is 0 Å². The van der Waals surface area contributed by atoms with E-state index in [1.54, 1.807) is 30.5 Å². The van der Waals surface area contributed by atoms with E-state index in [0.29, 0.717) is 22.5 Å². The molecule has 120 valence electrons. The van der Waals surface area contributed by atoms with Gasteiger partial charge in [0.1, 0.15) is 0 Å². The molecule has 1 amide bonds. The summed E-state index contributed by atoms with van der Waals surface area (Å²) in [5.41, 5.74) is 1.40. The molecular formula is C16H15ClN2O3S. The maximum absolute atomic E-state index is 11.8. The second-order valence-electron chi connectivity index (χ2n) is 4.50. The summed E-state index contributed by atoms with van der Waals surface area (Å²) >= 11 is 7.13. The molecule has 1 N–H and O–H groups in total. The predicted molar refractivity (Wildman–Crippen MR) is 91.6 cm³/mol. The molecule has 2 rings (SSSR count). The van der Waals surface area contributed by atoms with E-state index in [9.17, 15) is 9.59 Å². The van der Waals surface area contributed by atoms with Gasteiger partial charge < -0.3 is 4.74 Å². The Hall–Kier alpha value is -2.18. The number of benzene rings is 1. The Labute approximate surface area is 143 Å². The lowest BCUT2D eigenvalue weighted by Crippen LogP contribution is -2.09. The van der Waals surface area contributed by atoms with Crippen molar-refractivity contribution in [2.24, 2.45) is 0 Å². The lowest BCUT2D eigenvalue weighted by Gasteiger charge is -1.98. The van der Waals surface area contributed by atoms with Crippen LogP contribution in [0.2, 0.25) is 5.02 Å². The van der Waals surface area contributed by atoms with E-state index in [-0.39, 0.29) is 18.3 Å². The van der Waals surface area contributed by atoms with Crippen molar-refractivity contribution in [3.63, 3.8) is 0 Å². The minimum atomic E-state index is -0.337. The standard InChI is InChI=1S/C16H15ClN2O3S/c1-2-22-15(21)9-13-10-23-16(18-13)19-14(20)7-6-11-4-3-5-12(17)8-11/h3-8,10H,2,9H2,1H3,(H,18,19,20). The fourth-order valence-corrected chi connectivity index (χ4v) is 2.65. The summed E-state index contributed by atoms with van der Waals surface area (Å²) in [7, 11) is 0. The van der Waals surface area contributed by atoms with Crippen LogP contribution in [-0.2, 0) is 20.7 Å². The summed E-state index contributed by atoms with van der Waals surface area (Å²) in [6.45, 7) is 2.08. The molecule has 0 radical (unpaired) electrons. The Morgan fingerprint density at radius 1 is 1.43 bits per heavy atom. The van der Waals surface area contributed by atoms with Crippen LogP contribution in [-0.4, -0.2) is 23.5 Å². The SMILES string of the molecule is CCOC(=O)Cc1csc(NC(=O)C=Cc2cccc(Cl)c2)n1. The third-order valence-electron chi connectivity index (χ3n) is 2.69. The molecule has 0 bridgehead atoms. The van der Waals surface area contributed by atoms with Crippen LogP contribution in [0.1, 0.15) is 18.2 Å². The van der Waals surface area contributed by atoms with Gasteiger partial charge in [-0.1, -0.05) is 23.7 Å². The number of anilines is 1. The van der Waals surface area contributed by atoms with Crippen LogP contribution in [0.15, 0.2) is 35.7 Å². The van der Waals surface area contributed by atoms with Crippen molar-refractivity contribution in [3.8, 4) is 0 Å². The van der Waals surface area contributed by atoms with Crippen LogP contribution in [0.5, 0.6) is 0 Å². The first-order valence-electron chi connectivity index (χ1n) is 6.91. The molecule has 0 saturated carbocycles. The number of halogens is 1. The monoisotopic (exact) mass is 350 g/mol. The Balaban J connectivity index is 1.90. The largest absolute Gasteiger partial charge is 0.466 e. The summed E-state index contributed by atoms with van der Waals surface area (Å²) in [4.78, 5) is 27.4. The van der Waals surface area contributed by atoms with Gasteiger partial charge >= 0.3 is 5.97 Å². The van der Waals surface area contributed by atoms with Crippen molar-refractivity contribution in [2.75, 3.05) is 11.9 Å². The van der Waals surface area contributed by atoms with Gasteiger partial charge in [-0.15, -0.1) is 11.3 Å². The highest BCUT2D eigenvalue weighted by Crippen LogP contribution is 2.16. The van der Waals surface area contributed by atoms with Crippen molar-refractivity contribution in [1.82, 2.24) is 4.98 Å². The minimum Gasteiger partial charge on any atom is -0.466 e. The zero-order valence-electron chi connectivity index (χ0n) is 12.4. The molecule has 1 heterocycles. The normalized spacial score (nSPS) is 10.7. The number of ether oxygens (including phenoxy) is 1. The Bertz CT molecular complexity index is 728. The van der Waals surface area contributed by atoms with E-state index in [1.807, 2.05) is 12.1 Å². The summed E-state index contributed by atoms with van der Waals surface area (Å²) in [5, 5.41) is 5.41. The van der Waals surface area contributed by atoms with Gasteiger partial charge in [0.25, 0.3) is 0 Å². The van der Waals surface area contributed by atoms with Crippen molar-refractivity contribution < 1.29 is 14.3 Å². The van der Waals surface area contributed by atoms with Gasteiger partial charge in [-0.2, -0.15) is 0 Å². The van der Waals surface area contributed by atoms with Crippen LogP contribution >= 0.6 is 22.9 Å². The van der Waals surface area contributed by atoms with Gasteiger partial charge in [0.15, 0.2) is 5.13 Å².